The number of nitriles is 1. The highest BCUT2D eigenvalue weighted by Gasteiger charge is 2.09. The first-order valence-corrected chi connectivity index (χ1v) is 5.69. The van der Waals surface area contributed by atoms with Gasteiger partial charge in [-0.05, 0) is 17.7 Å². The van der Waals surface area contributed by atoms with E-state index in [1.54, 1.807) is 6.07 Å². The SMILES string of the molecule is N#CCCc1nc(Cc2ccc(F)cc2Cl)no1. The number of hydrogen-bond donors (Lipinski definition) is 0. The minimum atomic E-state index is -0.383. The third-order valence-electron chi connectivity index (χ3n) is 2.32. The van der Waals surface area contributed by atoms with Gasteiger partial charge in [0.2, 0.25) is 5.89 Å². The quantitative estimate of drug-likeness (QED) is 0.853. The number of hydrogen-bond acceptors (Lipinski definition) is 4. The van der Waals surface area contributed by atoms with Gasteiger partial charge in [-0.2, -0.15) is 10.2 Å². The predicted octanol–water partition coefficient (Wildman–Crippen LogP) is 2.91. The molecule has 0 spiro atoms. The van der Waals surface area contributed by atoms with Crippen LogP contribution in [0.25, 0.3) is 0 Å². The lowest BCUT2D eigenvalue weighted by molar-refractivity contribution is 0.375. The van der Waals surface area contributed by atoms with Gasteiger partial charge in [-0.15, -0.1) is 0 Å². The van der Waals surface area contributed by atoms with Gasteiger partial charge in [0, 0.05) is 24.3 Å². The maximum absolute atomic E-state index is 12.9. The fourth-order valence-corrected chi connectivity index (χ4v) is 1.70. The van der Waals surface area contributed by atoms with Gasteiger partial charge < -0.3 is 4.52 Å². The second-order valence-corrected chi connectivity index (χ2v) is 4.08. The van der Waals surface area contributed by atoms with Crippen molar-refractivity contribution in [3.63, 3.8) is 0 Å². The Balaban J connectivity index is 2.09. The monoisotopic (exact) mass is 265 g/mol. The van der Waals surface area contributed by atoms with Crippen molar-refractivity contribution in [3.05, 3.63) is 46.3 Å². The third-order valence-corrected chi connectivity index (χ3v) is 2.68. The van der Waals surface area contributed by atoms with Crippen LogP contribution in [0, 0.1) is 17.1 Å². The molecule has 92 valence electrons. The van der Waals surface area contributed by atoms with Gasteiger partial charge in [0.1, 0.15) is 5.82 Å². The average molecular weight is 266 g/mol. The second-order valence-electron chi connectivity index (χ2n) is 3.67. The van der Waals surface area contributed by atoms with Gasteiger partial charge in [-0.25, -0.2) is 4.39 Å². The van der Waals surface area contributed by atoms with E-state index in [9.17, 15) is 4.39 Å². The Bertz CT molecular complexity index is 591. The van der Waals surface area contributed by atoms with Crippen molar-refractivity contribution in [3.8, 4) is 6.07 Å². The van der Waals surface area contributed by atoms with E-state index >= 15 is 0 Å². The molecule has 0 amide bonds. The van der Waals surface area contributed by atoms with E-state index in [0.717, 1.165) is 5.56 Å². The van der Waals surface area contributed by atoms with Crippen LogP contribution < -0.4 is 0 Å². The molecular weight excluding hydrogens is 257 g/mol. The lowest BCUT2D eigenvalue weighted by atomic mass is 10.1. The van der Waals surface area contributed by atoms with Crippen molar-refractivity contribution in [2.75, 3.05) is 0 Å². The van der Waals surface area contributed by atoms with Crippen LogP contribution in [0.15, 0.2) is 22.7 Å². The summed E-state index contributed by atoms with van der Waals surface area (Å²) in [7, 11) is 0. The molecule has 0 N–H and O–H groups in total. The molecule has 0 saturated heterocycles. The molecule has 0 radical (unpaired) electrons. The lowest BCUT2D eigenvalue weighted by Gasteiger charge is -2.00. The van der Waals surface area contributed by atoms with Crippen LogP contribution >= 0.6 is 11.6 Å². The van der Waals surface area contributed by atoms with Crippen LogP contribution in [0.5, 0.6) is 0 Å². The Morgan fingerprint density at radius 2 is 2.28 bits per heavy atom. The minimum Gasteiger partial charge on any atom is -0.339 e. The molecule has 0 fully saturated rings. The summed E-state index contributed by atoms with van der Waals surface area (Å²) >= 11 is 5.90. The van der Waals surface area contributed by atoms with Gasteiger partial charge in [-0.3, -0.25) is 0 Å². The topological polar surface area (TPSA) is 62.7 Å². The third kappa shape index (κ3) is 3.05. The zero-order valence-corrected chi connectivity index (χ0v) is 10.1. The summed E-state index contributed by atoms with van der Waals surface area (Å²) in [5, 5.41) is 12.6. The maximum atomic E-state index is 12.9. The Morgan fingerprint density at radius 3 is 3.00 bits per heavy atom. The number of rotatable bonds is 4. The van der Waals surface area contributed by atoms with Crippen LogP contribution in [0.1, 0.15) is 23.7 Å². The van der Waals surface area contributed by atoms with Crippen molar-refractivity contribution < 1.29 is 8.91 Å². The molecular formula is C12H9ClFN3O. The number of halogens is 2. The molecule has 1 aromatic heterocycles. The Hall–Kier alpha value is -1.93. The molecule has 2 rings (SSSR count). The molecule has 18 heavy (non-hydrogen) atoms. The number of aryl methyl sites for hydroxylation is 1. The summed E-state index contributed by atoms with van der Waals surface area (Å²) in [6, 6.07) is 6.16. The molecule has 4 nitrogen and oxygen atoms in total. The van der Waals surface area contributed by atoms with E-state index in [-0.39, 0.29) is 5.82 Å². The summed E-state index contributed by atoms with van der Waals surface area (Å²) in [4.78, 5) is 4.13. The molecule has 6 heteroatoms. The average Bonchev–Trinajstić information content (AvgIpc) is 2.78. The zero-order valence-electron chi connectivity index (χ0n) is 9.36. The molecule has 0 unspecified atom stereocenters. The lowest BCUT2D eigenvalue weighted by Crippen LogP contribution is -1.93. The second kappa shape index (κ2) is 5.61. The summed E-state index contributed by atoms with van der Waals surface area (Å²) in [6.45, 7) is 0. The first-order valence-electron chi connectivity index (χ1n) is 5.31. The standard InChI is InChI=1S/C12H9ClFN3O/c13-10-7-9(14)4-3-8(10)6-11-16-12(18-17-11)2-1-5-15/h3-4,7H,1-2,6H2. The summed E-state index contributed by atoms with van der Waals surface area (Å²) < 4.78 is 17.8. The smallest absolute Gasteiger partial charge is 0.227 e. The normalized spacial score (nSPS) is 10.3. The van der Waals surface area contributed by atoms with E-state index in [1.165, 1.54) is 12.1 Å². The van der Waals surface area contributed by atoms with E-state index in [4.69, 9.17) is 21.4 Å². The largest absolute Gasteiger partial charge is 0.339 e. The minimum absolute atomic E-state index is 0.332. The first-order chi connectivity index (χ1) is 8.69. The van der Waals surface area contributed by atoms with Gasteiger partial charge in [0.05, 0.1) is 6.07 Å². The van der Waals surface area contributed by atoms with Crippen LogP contribution in [-0.2, 0) is 12.8 Å². The molecule has 1 aromatic carbocycles. The van der Waals surface area contributed by atoms with Crippen molar-refractivity contribution in [1.82, 2.24) is 10.1 Å². The molecule has 0 aliphatic rings. The van der Waals surface area contributed by atoms with Crippen LogP contribution in [0.3, 0.4) is 0 Å². The van der Waals surface area contributed by atoms with Crippen molar-refractivity contribution in [1.29, 1.82) is 5.26 Å². The summed E-state index contributed by atoms with van der Waals surface area (Å²) in [5.41, 5.74) is 0.727. The number of aromatic nitrogens is 2. The highest BCUT2D eigenvalue weighted by molar-refractivity contribution is 6.31. The van der Waals surface area contributed by atoms with E-state index < -0.39 is 0 Å². The Kier molecular flexibility index (Phi) is 3.90. The highest BCUT2D eigenvalue weighted by Crippen LogP contribution is 2.19. The van der Waals surface area contributed by atoms with Gasteiger partial charge in [0.25, 0.3) is 0 Å². The molecule has 0 aliphatic heterocycles. The zero-order chi connectivity index (χ0) is 13.0. The van der Waals surface area contributed by atoms with E-state index in [2.05, 4.69) is 10.1 Å². The fraction of sp³-hybridized carbons (Fsp3) is 0.250. The van der Waals surface area contributed by atoms with Crippen LogP contribution in [0.4, 0.5) is 4.39 Å². The summed E-state index contributed by atoms with van der Waals surface area (Å²) in [6.07, 6.45) is 1.13. The Labute approximate surface area is 108 Å². The molecule has 1 heterocycles. The summed E-state index contributed by atoms with van der Waals surface area (Å²) in [5.74, 6) is 0.507. The molecule has 0 aliphatic carbocycles. The molecule has 0 atom stereocenters. The number of nitrogens with zero attached hydrogens (tertiary/aromatic N) is 3. The van der Waals surface area contributed by atoms with E-state index in [1.807, 2.05) is 6.07 Å². The molecule has 0 saturated carbocycles. The molecule has 0 bridgehead atoms. The number of benzene rings is 1. The highest BCUT2D eigenvalue weighted by atomic mass is 35.5. The molecule has 2 aromatic rings. The van der Waals surface area contributed by atoms with Crippen molar-refractivity contribution in [2.24, 2.45) is 0 Å². The predicted molar refractivity (Wildman–Crippen MR) is 62.4 cm³/mol. The van der Waals surface area contributed by atoms with Crippen molar-refractivity contribution in [2.45, 2.75) is 19.3 Å². The van der Waals surface area contributed by atoms with Crippen LogP contribution in [0.2, 0.25) is 5.02 Å². The van der Waals surface area contributed by atoms with Crippen molar-refractivity contribution >= 4 is 11.6 Å². The van der Waals surface area contributed by atoms with E-state index in [0.29, 0.717) is 36.0 Å². The van der Waals surface area contributed by atoms with Gasteiger partial charge in [-0.1, -0.05) is 22.8 Å². The van der Waals surface area contributed by atoms with Gasteiger partial charge in [0.15, 0.2) is 5.82 Å². The first kappa shape index (κ1) is 12.5. The Morgan fingerprint density at radius 1 is 1.44 bits per heavy atom. The van der Waals surface area contributed by atoms with Crippen LogP contribution in [-0.4, -0.2) is 10.1 Å². The van der Waals surface area contributed by atoms with Gasteiger partial charge >= 0.3 is 0 Å². The maximum Gasteiger partial charge on any atom is 0.227 e. The fourth-order valence-electron chi connectivity index (χ4n) is 1.46.